The van der Waals surface area contributed by atoms with Gasteiger partial charge in [-0.25, -0.2) is 0 Å². The fraction of sp³-hybridized carbons (Fsp3) is 1.00. The molecule has 0 bridgehead atoms. The first-order chi connectivity index (χ1) is 20.3. The van der Waals surface area contributed by atoms with Gasteiger partial charge in [0.15, 0.2) is 6.29 Å². The highest BCUT2D eigenvalue weighted by molar-refractivity contribution is 5.33. The fourth-order valence-electron chi connectivity index (χ4n) is 13.4. The second-order valence-corrected chi connectivity index (χ2v) is 18.2. The van der Waals surface area contributed by atoms with Gasteiger partial charge in [0.2, 0.25) is 0 Å². The number of ether oxygens (including phenoxy) is 3. The molecule has 252 valence electrons. The van der Waals surface area contributed by atoms with Gasteiger partial charge in [-0.15, -0.1) is 0 Å². The lowest BCUT2D eigenvalue weighted by molar-refractivity contribution is -0.303. The Kier molecular flexibility index (Phi) is 7.04. The average molecular weight is 623 g/mol. The number of aliphatic hydroxyl groups is 6. The second kappa shape index (κ2) is 9.63. The predicted molar refractivity (Wildman–Crippen MR) is 161 cm³/mol. The average Bonchev–Trinajstić information content (AvgIpc) is 3.28. The molecule has 2 heterocycles. The molecule has 7 aliphatic rings. The molecule has 7 fully saturated rings. The van der Waals surface area contributed by atoms with Crippen LogP contribution in [0.4, 0.5) is 0 Å². The monoisotopic (exact) mass is 622 g/mol. The maximum Gasteiger partial charge on any atom is 0.186 e. The quantitative estimate of drug-likeness (QED) is 0.260. The van der Waals surface area contributed by atoms with Crippen molar-refractivity contribution in [2.75, 3.05) is 6.61 Å². The minimum atomic E-state index is -1.30. The van der Waals surface area contributed by atoms with E-state index in [1.54, 1.807) is 13.8 Å². The Balaban J connectivity index is 1.15. The van der Waals surface area contributed by atoms with Crippen molar-refractivity contribution >= 4 is 0 Å². The van der Waals surface area contributed by atoms with E-state index in [0.29, 0.717) is 18.3 Å². The fourth-order valence-corrected chi connectivity index (χ4v) is 13.4. The first kappa shape index (κ1) is 32.2. The van der Waals surface area contributed by atoms with Crippen molar-refractivity contribution in [3.8, 4) is 0 Å². The smallest absolute Gasteiger partial charge is 0.186 e. The molecule has 7 rings (SSSR count). The summed E-state index contributed by atoms with van der Waals surface area (Å²) in [6.45, 7) is 14.7. The van der Waals surface area contributed by atoms with Crippen molar-refractivity contribution in [1.29, 1.82) is 0 Å². The summed E-state index contributed by atoms with van der Waals surface area (Å²) in [7, 11) is 0. The largest absolute Gasteiger partial charge is 0.393 e. The molecule has 0 aromatic carbocycles. The highest BCUT2D eigenvalue weighted by Crippen LogP contribution is 2.89. The second-order valence-electron chi connectivity index (χ2n) is 18.2. The number of rotatable bonds is 4. The molecule has 0 aromatic heterocycles. The topological polar surface area (TPSA) is 149 Å². The molecular weight excluding hydrogens is 564 g/mol. The van der Waals surface area contributed by atoms with Crippen LogP contribution in [0.15, 0.2) is 0 Å². The first-order valence-electron chi connectivity index (χ1n) is 17.4. The minimum Gasteiger partial charge on any atom is -0.393 e. The van der Waals surface area contributed by atoms with Gasteiger partial charge in [0.05, 0.1) is 42.2 Å². The van der Waals surface area contributed by atoms with Gasteiger partial charge in [0.25, 0.3) is 0 Å². The summed E-state index contributed by atoms with van der Waals surface area (Å²) in [5.74, 6) is 0.554. The molecule has 44 heavy (non-hydrogen) atoms. The molecule has 9 heteroatoms. The maximum absolute atomic E-state index is 12.4. The van der Waals surface area contributed by atoms with Crippen LogP contribution < -0.4 is 0 Å². The summed E-state index contributed by atoms with van der Waals surface area (Å²) in [6.07, 6.45) is 1.57. The van der Waals surface area contributed by atoms with Gasteiger partial charge in [-0.1, -0.05) is 27.7 Å². The lowest BCUT2D eigenvalue weighted by Gasteiger charge is -2.65. The molecule has 6 N–H and O–H groups in total. The van der Waals surface area contributed by atoms with Gasteiger partial charge in [-0.2, -0.15) is 0 Å². The zero-order chi connectivity index (χ0) is 32.0. The summed E-state index contributed by atoms with van der Waals surface area (Å²) in [5.41, 5.74) is -2.43. The van der Waals surface area contributed by atoms with Crippen LogP contribution in [0, 0.1) is 44.8 Å². The van der Waals surface area contributed by atoms with E-state index in [9.17, 15) is 30.6 Å². The van der Waals surface area contributed by atoms with Crippen LogP contribution in [0.2, 0.25) is 0 Å². The normalized spacial score (nSPS) is 59.8. The molecule has 0 radical (unpaired) electrons. The third-order valence-electron chi connectivity index (χ3n) is 15.6. The van der Waals surface area contributed by atoms with Crippen LogP contribution in [-0.2, 0) is 14.2 Å². The van der Waals surface area contributed by atoms with Crippen LogP contribution in [0.3, 0.4) is 0 Å². The number of fused-ring (bicyclic) bond motifs is 2. The van der Waals surface area contributed by atoms with Crippen LogP contribution in [0.5, 0.6) is 0 Å². The van der Waals surface area contributed by atoms with Gasteiger partial charge in [0.1, 0.15) is 18.3 Å². The van der Waals surface area contributed by atoms with E-state index in [2.05, 4.69) is 34.6 Å². The van der Waals surface area contributed by atoms with Gasteiger partial charge in [0, 0.05) is 11.3 Å². The van der Waals surface area contributed by atoms with Gasteiger partial charge in [-0.05, 0) is 112 Å². The molecule has 2 spiro atoms. The third-order valence-corrected chi connectivity index (χ3v) is 15.6. The Bertz CT molecular complexity index is 1160. The summed E-state index contributed by atoms with van der Waals surface area (Å²) in [4.78, 5) is 0. The molecule has 16 unspecified atom stereocenters. The van der Waals surface area contributed by atoms with Crippen molar-refractivity contribution in [3.63, 3.8) is 0 Å². The van der Waals surface area contributed by atoms with E-state index >= 15 is 0 Å². The highest BCUT2D eigenvalue weighted by atomic mass is 16.7. The third kappa shape index (κ3) is 3.91. The van der Waals surface area contributed by atoms with Gasteiger partial charge < -0.3 is 44.8 Å². The Morgan fingerprint density at radius 1 is 0.773 bits per heavy atom. The maximum atomic E-state index is 12.4. The van der Waals surface area contributed by atoms with E-state index in [1.807, 2.05) is 0 Å². The zero-order valence-electron chi connectivity index (χ0n) is 27.8. The Morgan fingerprint density at radius 2 is 1.45 bits per heavy atom. The van der Waals surface area contributed by atoms with Crippen molar-refractivity contribution in [2.24, 2.45) is 44.8 Å². The van der Waals surface area contributed by atoms with E-state index in [-0.39, 0.29) is 46.4 Å². The van der Waals surface area contributed by atoms with Crippen molar-refractivity contribution in [2.45, 2.75) is 166 Å². The number of aliphatic hydroxyl groups excluding tert-OH is 5. The lowest BCUT2D eigenvalue weighted by atomic mass is 9.41. The summed E-state index contributed by atoms with van der Waals surface area (Å²) in [6, 6.07) is 0. The van der Waals surface area contributed by atoms with Gasteiger partial charge in [-0.3, -0.25) is 0 Å². The summed E-state index contributed by atoms with van der Waals surface area (Å²) in [5, 5.41) is 65.7. The van der Waals surface area contributed by atoms with Crippen LogP contribution in [-0.4, -0.2) is 97.5 Å². The minimum absolute atomic E-state index is 0.0225. The van der Waals surface area contributed by atoms with Crippen molar-refractivity contribution < 1.29 is 44.8 Å². The van der Waals surface area contributed by atoms with E-state index in [4.69, 9.17) is 14.2 Å². The van der Waals surface area contributed by atoms with E-state index in [0.717, 1.165) is 51.4 Å². The molecule has 2 saturated heterocycles. The van der Waals surface area contributed by atoms with Crippen LogP contribution in [0.25, 0.3) is 0 Å². The van der Waals surface area contributed by atoms with Crippen LogP contribution in [0.1, 0.15) is 106 Å². The van der Waals surface area contributed by atoms with Gasteiger partial charge >= 0.3 is 0 Å². The Hall–Kier alpha value is -0.360. The highest BCUT2D eigenvalue weighted by Gasteiger charge is 2.85. The Labute approximate surface area is 262 Å². The molecule has 0 aromatic rings. The molecule has 5 aliphatic carbocycles. The summed E-state index contributed by atoms with van der Waals surface area (Å²) >= 11 is 0. The Morgan fingerprint density at radius 3 is 2.11 bits per heavy atom. The number of hydrogen-bond acceptors (Lipinski definition) is 9. The van der Waals surface area contributed by atoms with Crippen molar-refractivity contribution in [3.05, 3.63) is 0 Å². The lowest BCUT2D eigenvalue weighted by Crippen LogP contribution is -2.64. The predicted octanol–water partition coefficient (Wildman–Crippen LogP) is 2.90. The molecule has 9 nitrogen and oxygen atoms in total. The van der Waals surface area contributed by atoms with Crippen LogP contribution >= 0.6 is 0 Å². The van der Waals surface area contributed by atoms with E-state index in [1.165, 1.54) is 0 Å². The first-order valence-corrected chi connectivity index (χ1v) is 17.4. The SMILES string of the molecule is CC(C)(O)C1CCC(C)(C2C(O)CC3(C)C4CCC5C(C)(C)C(OC6OCC(O)C(O)C6O)CCC56CC46CC(O)C23C)O1. The molecule has 2 aliphatic heterocycles. The molecule has 5 saturated carbocycles. The van der Waals surface area contributed by atoms with Crippen molar-refractivity contribution in [1.82, 2.24) is 0 Å². The number of hydrogen-bond donors (Lipinski definition) is 6. The molecule has 16 atom stereocenters. The van der Waals surface area contributed by atoms with E-state index < -0.39 is 53.4 Å². The standard InChI is InChI=1S/C35H58O9/c1-29(2)20-8-9-21-31(5)14-18(36)27(32(6)12-10-24(44-32)30(3,4)41)33(31,7)22(38)15-35(21)17-34(20,35)13-11-23(29)43-28-26(40)25(39)19(37)16-42-28/h18-28,36-41H,8-17H2,1-7H3. The zero-order valence-corrected chi connectivity index (χ0v) is 27.8. The summed E-state index contributed by atoms with van der Waals surface area (Å²) < 4.78 is 18.7. The molecule has 0 amide bonds. The molecular formula is C35H58O9.